The third-order valence-corrected chi connectivity index (χ3v) is 7.04. The summed E-state index contributed by atoms with van der Waals surface area (Å²) in [5.41, 5.74) is 1.94. The van der Waals surface area contributed by atoms with Crippen LogP contribution in [0.2, 0.25) is 0 Å². The average Bonchev–Trinajstić information content (AvgIpc) is 2.55. The predicted octanol–water partition coefficient (Wildman–Crippen LogP) is 4.74. The molecular formula is C13H12BrO2P. The maximum atomic E-state index is 11.4. The summed E-state index contributed by atoms with van der Waals surface area (Å²) >= 11 is 3.56. The second-order valence-corrected chi connectivity index (χ2v) is 7.35. The lowest BCUT2D eigenvalue weighted by molar-refractivity contribution is 0.0701. The van der Waals surface area contributed by atoms with Gasteiger partial charge in [-0.1, -0.05) is 37.9 Å². The van der Waals surface area contributed by atoms with E-state index in [1.54, 1.807) is 0 Å². The molecule has 0 saturated heterocycles. The minimum Gasteiger partial charge on any atom is -0.477 e. The molecule has 0 amide bonds. The molecular weight excluding hydrogens is 299 g/mol. The van der Waals surface area contributed by atoms with E-state index in [-0.39, 0.29) is 0 Å². The molecule has 0 radical (unpaired) electrons. The topological polar surface area (TPSA) is 37.3 Å². The van der Waals surface area contributed by atoms with E-state index < -0.39 is 13.5 Å². The minimum atomic E-state index is -0.907. The Kier molecular flexibility index (Phi) is 3.41. The fraction of sp³-hybridized carbons (Fsp3) is 0.154. The summed E-state index contributed by atoms with van der Waals surface area (Å²) in [7, 11) is -0.907. The number of benzene rings is 1. The SMILES string of the molecule is Cc1c(C)c(C(=O)O)p(-c2ccccc2)c1Br. The Morgan fingerprint density at radius 3 is 2.29 bits per heavy atom. The van der Waals surface area contributed by atoms with E-state index in [4.69, 9.17) is 0 Å². The molecule has 4 heteroatoms. The zero-order valence-electron chi connectivity index (χ0n) is 9.57. The van der Waals surface area contributed by atoms with Crippen LogP contribution in [0.3, 0.4) is 0 Å². The number of hydrogen-bond donors (Lipinski definition) is 1. The number of carboxylic acid groups (broad SMARTS) is 1. The molecule has 0 spiro atoms. The monoisotopic (exact) mass is 310 g/mol. The Balaban J connectivity index is 2.78. The zero-order chi connectivity index (χ0) is 12.6. The van der Waals surface area contributed by atoms with Gasteiger partial charge in [-0.25, -0.2) is 4.79 Å². The molecule has 1 aromatic carbocycles. The average molecular weight is 311 g/mol. The molecule has 0 saturated carbocycles. The molecule has 1 N–H and O–H groups in total. The van der Waals surface area contributed by atoms with Crippen LogP contribution in [-0.2, 0) is 0 Å². The molecule has 0 aliphatic heterocycles. The highest BCUT2D eigenvalue weighted by Crippen LogP contribution is 2.54. The molecule has 1 unspecified atom stereocenters. The number of aromatic carboxylic acids is 1. The number of halogens is 1. The van der Waals surface area contributed by atoms with Crippen molar-refractivity contribution in [1.29, 1.82) is 0 Å². The summed E-state index contributed by atoms with van der Waals surface area (Å²) in [5.74, 6) is -0.814. The van der Waals surface area contributed by atoms with E-state index in [2.05, 4.69) is 15.9 Å². The van der Waals surface area contributed by atoms with Gasteiger partial charge in [0.2, 0.25) is 0 Å². The van der Waals surface area contributed by atoms with Gasteiger partial charge in [-0.2, -0.15) is 0 Å². The molecule has 17 heavy (non-hydrogen) atoms. The molecule has 0 bridgehead atoms. The first-order valence-corrected chi connectivity index (χ1v) is 7.33. The van der Waals surface area contributed by atoms with Crippen molar-refractivity contribution in [2.75, 3.05) is 0 Å². The standard InChI is InChI=1S/C13H12BrO2P/c1-8-9(2)12(14)17(11(8)13(15)16)10-6-4-3-5-7-10/h3-7H,1-2H3,(H,15,16). The van der Waals surface area contributed by atoms with Gasteiger partial charge in [-0.3, -0.25) is 0 Å². The summed E-state index contributed by atoms with van der Waals surface area (Å²) in [6, 6.07) is 9.81. The van der Waals surface area contributed by atoms with Crippen LogP contribution in [0.15, 0.2) is 34.5 Å². The third-order valence-electron chi connectivity index (χ3n) is 2.86. The zero-order valence-corrected chi connectivity index (χ0v) is 12.0. The van der Waals surface area contributed by atoms with Crippen LogP contribution in [0, 0.1) is 13.8 Å². The van der Waals surface area contributed by atoms with Crippen molar-refractivity contribution in [2.45, 2.75) is 13.8 Å². The van der Waals surface area contributed by atoms with Crippen molar-refractivity contribution in [1.82, 2.24) is 0 Å². The summed E-state index contributed by atoms with van der Waals surface area (Å²) in [6.45, 7) is 3.85. The number of rotatable bonds is 2. The summed E-state index contributed by atoms with van der Waals surface area (Å²) < 4.78 is 1.02. The Labute approximate surface area is 109 Å². The van der Waals surface area contributed by atoms with E-state index >= 15 is 0 Å². The fourth-order valence-corrected chi connectivity index (χ4v) is 5.63. The first-order chi connectivity index (χ1) is 8.04. The molecule has 2 nitrogen and oxygen atoms in total. The highest BCUT2D eigenvalue weighted by molar-refractivity contribution is 9.11. The van der Waals surface area contributed by atoms with Gasteiger partial charge in [0.05, 0.1) is 5.30 Å². The van der Waals surface area contributed by atoms with E-state index in [1.165, 1.54) is 0 Å². The maximum absolute atomic E-state index is 11.4. The normalized spacial score (nSPS) is 11.6. The largest absolute Gasteiger partial charge is 0.477 e. The summed E-state index contributed by atoms with van der Waals surface area (Å²) in [6.07, 6.45) is 0. The van der Waals surface area contributed by atoms with E-state index in [0.29, 0.717) is 5.30 Å². The number of hydrogen-bond acceptors (Lipinski definition) is 1. The second-order valence-electron chi connectivity index (χ2n) is 3.87. The van der Waals surface area contributed by atoms with Crippen molar-refractivity contribution in [3.8, 4) is 5.30 Å². The summed E-state index contributed by atoms with van der Waals surface area (Å²) in [5, 5.41) is 11.0. The lowest BCUT2D eigenvalue weighted by Crippen LogP contribution is -1.95. The van der Waals surface area contributed by atoms with Crippen LogP contribution in [0.1, 0.15) is 21.2 Å². The van der Waals surface area contributed by atoms with Crippen LogP contribution in [0.5, 0.6) is 0 Å². The van der Waals surface area contributed by atoms with Gasteiger partial charge in [0, 0.05) is 4.20 Å². The van der Waals surface area contributed by atoms with Crippen molar-refractivity contribution in [3.63, 3.8) is 0 Å². The van der Waals surface area contributed by atoms with Crippen LogP contribution in [-0.4, -0.2) is 11.1 Å². The molecule has 1 aromatic heterocycles. The maximum Gasteiger partial charge on any atom is 0.340 e. The minimum absolute atomic E-state index is 0.538. The van der Waals surface area contributed by atoms with Gasteiger partial charge < -0.3 is 5.11 Å². The Morgan fingerprint density at radius 2 is 1.76 bits per heavy atom. The van der Waals surface area contributed by atoms with Gasteiger partial charge in [0.1, 0.15) is 0 Å². The first kappa shape index (κ1) is 12.4. The van der Waals surface area contributed by atoms with Crippen LogP contribution in [0.4, 0.5) is 0 Å². The number of carbonyl (C=O) groups is 1. The molecule has 1 heterocycles. The lowest BCUT2D eigenvalue weighted by atomic mass is 10.2. The van der Waals surface area contributed by atoms with Crippen molar-refractivity contribution >= 4 is 29.4 Å². The van der Waals surface area contributed by atoms with Crippen LogP contribution < -0.4 is 0 Å². The van der Waals surface area contributed by atoms with E-state index in [9.17, 15) is 9.90 Å². The molecule has 1 atom stereocenters. The molecule has 2 rings (SSSR count). The van der Waals surface area contributed by atoms with Crippen molar-refractivity contribution < 1.29 is 9.90 Å². The van der Waals surface area contributed by atoms with Crippen molar-refractivity contribution in [3.05, 3.63) is 51.0 Å². The quantitative estimate of drug-likeness (QED) is 0.870. The van der Waals surface area contributed by atoms with Gasteiger partial charge in [0.15, 0.2) is 0 Å². The van der Waals surface area contributed by atoms with Gasteiger partial charge in [0.25, 0.3) is 0 Å². The smallest absolute Gasteiger partial charge is 0.340 e. The highest BCUT2D eigenvalue weighted by atomic mass is 79.9. The second kappa shape index (κ2) is 4.67. The van der Waals surface area contributed by atoms with Gasteiger partial charge >= 0.3 is 5.97 Å². The van der Waals surface area contributed by atoms with Crippen molar-refractivity contribution in [2.24, 2.45) is 0 Å². The predicted molar refractivity (Wildman–Crippen MR) is 74.6 cm³/mol. The number of carboxylic acids is 1. The molecule has 0 aliphatic carbocycles. The Hall–Kier alpha value is -1.05. The fourth-order valence-electron chi connectivity index (χ4n) is 1.84. The first-order valence-electron chi connectivity index (χ1n) is 5.20. The van der Waals surface area contributed by atoms with E-state index in [1.807, 2.05) is 44.2 Å². The Bertz CT molecular complexity index is 573. The highest BCUT2D eigenvalue weighted by Gasteiger charge is 2.22. The van der Waals surface area contributed by atoms with E-state index in [0.717, 1.165) is 20.6 Å². The van der Waals surface area contributed by atoms with Crippen LogP contribution in [0.25, 0.3) is 5.30 Å². The van der Waals surface area contributed by atoms with Crippen LogP contribution >= 0.6 is 23.5 Å². The van der Waals surface area contributed by atoms with Gasteiger partial charge in [-0.05, 0) is 46.2 Å². The molecule has 0 aliphatic rings. The molecule has 2 aromatic rings. The Morgan fingerprint density at radius 1 is 1.18 bits per heavy atom. The third kappa shape index (κ3) is 2.05. The summed E-state index contributed by atoms with van der Waals surface area (Å²) in [4.78, 5) is 11.4. The van der Waals surface area contributed by atoms with Gasteiger partial charge in [-0.15, -0.1) is 0 Å². The molecule has 88 valence electrons. The molecule has 0 fully saturated rings. The lowest BCUT2D eigenvalue weighted by Gasteiger charge is -2.04.